The monoisotopic (exact) mass is 412 g/mol. The Labute approximate surface area is 148 Å². The molecule has 0 radical (unpaired) electrons. The number of aliphatic imine (C=N–C) groups is 1. The van der Waals surface area contributed by atoms with E-state index in [1.807, 2.05) is 24.3 Å². The number of rotatable bonds is 4. The van der Waals surface area contributed by atoms with Crippen LogP contribution in [0, 0.1) is 13.8 Å². The molecule has 0 unspecified atom stereocenters. The molecule has 0 saturated carbocycles. The summed E-state index contributed by atoms with van der Waals surface area (Å²) in [7, 11) is 1.59. The van der Waals surface area contributed by atoms with Crippen molar-refractivity contribution in [2.45, 2.75) is 20.4 Å². The van der Waals surface area contributed by atoms with Gasteiger partial charge in [0.15, 0.2) is 5.96 Å². The van der Waals surface area contributed by atoms with Crippen molar-refractivity contribution in [2.75, 3.05) is 12.4 Å². The summed E-state index contributed by atoms with van der Waals surface area (Å²) in [5.74, 6) is 0.956. The topological polar surface area (TPSA) is 72.5 Å². The number of methoxy groups -OCH3 is 1. The Morgan fingerprint density at radius 2 is 2.00 bits per heavy atom. The zero-order valence-corrected chi connectivity index (χ0v) is 15.3. The summed E-state index contributed by atoms with van der Waals surface area (Å²) in [4.78, 5) is 8.37. The second-order valence-electron chi connectivity index (χ2n) is 4.83. The minimum atomic E-state index is 0. The molecular formula is C16H21IN4O. The molecule has 22 heavy (non-hydrogen) atoms. The standard InChI is InChI=1S/C16H20N4O.HI/c1-11-4-5-14(8-12(11)2)20-16(17)19-10-13-6-7-18-15(9-13)21-3;/h4-9H,10H2,1-3H3,(H3,17,19,20);1H. The number of nitrogens with one attached hydrogen (secondary N) is 1. The zero-order valence-electron chi connectivity index (χ0n) is 13.0. The number of pyridine rings is 1. The first-order valence-corrected chi connectivity index (χ1v) is 6.71. The summed E-state index contributed by atoms with van der Waals surface area (Å²) in [5.41, 5.74) is 10.3. The van der Waals surface area contributed by atoms with E-state index in [1.54, 1.807) is 13.3 Å². The quantitative estimate of drug-likeness (QED) is 0.460. The Bertz CT molecular complexity index is 658. The molecule has 5 nitrogen and oxygen atoms in total. The molecule has 118 valence electrons. The summed E-state index contributed by atoms with van der Waals surface area (Å²) in [6.45, 7) is 4.62. The van der Waals surface area contributed by atoms with Crippen LogP contribution in [0.3, 0.4) is 0 Å². The highest BCUT2D eigenvalue weighted by molar-refractivity contribution is 14.0. The normalized spacial score (nSPS) is 10.8. The molecule has 1 heterocycles. The Balaban J connectivity index is 0.00000242. The van der Waals surface area contributed by atoms with Gasteiger partial charge in [0.25, 0.3) is 0 Å². The Kier molecular flexibility index (Phi) is 7.10. The van der Waals surface area contributed by atoms with Crippen LogP contribution in [-0.4, -0.2) is 18.1 Å². The van der Waals surface area contributed by atoms with Crippen LogP contribution in [0.4, 0.5) is 5.69 Å². The first kappa shape index (κ1) is 18.2. The first-order valence-electron chi connectivity index (χ1n) is 6.71. The molecule has 0 atom stereocenters. The maximum Gasteiger partial charge on any atom is 0.213 e. The molecule has 6 heteroatoms. The minimum Gasteiger partial charge on any atom is -0.481 e. The third-order valence-electron chi connectivity index (χ3n) is 3.22. The van der Waals surface area contributed by atoms with E-state index in [0.717, 1.165) is 11.3 Å². The predicted molar refractivity (Wildman–Crippen MR) is 101 cm³/mol. The highest BCUT2D eigenvalue weighted by Gasteiger charge is 1.99. The van der Waals surface area contributed by atoms with E-state index in [-0.39, 0.29) is 24.0 Å². The van der Waals surface area contributed by atoms with Gasteiger partial charge in [-0.3, -0.25) is 0 Å². The fourth-order valence-corrected chi connectivity index (χ4v) is 1.84. The average molecular weight is 412 g/mol. The Morgan fingerprint density at radius 1 is 1.23 bits per heavy atom. The molecule has 0 aliphatic rings. The molecule has 2 rings (SSSR count). The van der Waals surface area contributed by atoms with E-state index in [0.29, 0.717) is 18.4 Å². The molecule has 1 aromatic carbocycles. The largest absolute Gasteiger partial charge is 0.481 e. The fourth-order valence-electron chi connectivity index (χ4n) is 1.84. The molecule has 0 spiro atoms. The number of halogens is 1. The van der Waals surface area contributed by atoms with Crippen LogP contribution in [-0.2, 0) is 6.54 Å². The number of benzene rings is 1. The molecule has 0 aliphatic heterocycles. The molecular weight excluding hydrogens is 391 g/mol. The van der Waals surface area contributed by atoms with Gasteiger partial charge in [0.1, 0.15) is 0 Å². The number of anilines is 1. The summed E-state index contributed by atoms with van der Waals surface area (Å²) < 4.78 is 5.08. The number of guanidine groups is 1. The molecule has 1 aromatic heterocycles. The fraction of sp³-hybridized carbons (Fsp3) is 0.250. The number of nitrogens with zero attached hydrogens (tertiary/aromatic N) is 2. The van der Waals surface area contributed by atoms with Gasteiger partial charge < -0.3 is 15.8 Å². The highest BCUT2D eigenvalue weighted by atomic mass is 127. The van der Waals surface area contributed by atoms with Crippen LogP contribution in [0.2, 0.25) is 0 Å². The van der Waals surface area contributed by atoms with Crippen LogP contribution >= 0.6 is 24.0 Å². The second kappa shape index (κ2) is 8.57. The Morgan fingerprint density at radius 3 is 2.68 bits per heavy atom. The van der Waals surface area contributed by atoms with Gasteiger partial charge in [-0.25, -0.2) is 9.98 Å². The van der Waals surface area contributed by atoms with Gasteiger partial charge in [-0.05, 0) is 48.7 Å². The number of nitrogens with two attached hydrogens (primary N) is 1. The zero-order chi connectivity index (χ0) is 15.2. The smallest absolute Gasteiger partial charge is 0.213 e. The van der Waals surface area contributed by atoms with Gasteiger partial charge in [-0.1, -0.05) is 6.07 Å². The SMILES string of the molecule is COc1cc(CN=C(N)Nc2ccc(C)c(C)c2)ccn1.I. The van der Waals surface area contributed by atoms with Gasteiger partial charge in [-0.15, -0.1) is 24.0 Å². The number of aryl methyl sites for hydroxylation is 2. The van der Waals surface area contributed by atoms with E-state index < -0.39 is 0 Å². The number of aromatic nitrogens is 1. The van der Waals surface area contributed by atoms with E-state index in [1.165, 1.54) is 11.1 Å². The van der Waals surface area contributed by atoms with Gasteiger partial charge in [0, 0.05) is 18.0 Å². The predicted octanol–water partition coefficient (Wildman–Crippen LogP) is 3.25. The summed E-state index contributed by atoms with van der Waals surface area (Å²) in [5, 5.41) is 3.09. The number of hydrogen-bond donors (Lipinski definition) is 2. The maximum absolute atomic E-state index is 5.90. The van der Waals surface area contributed by atoms with Gasteiger partial charge in [-0.2, -0.15) is 0 Å². The van der Waals surface area contributed by atoms with E-state index in [4.69, 9.17) is 10.5 Å². The van der Waals surface area contributed by atoms with Crippen LogP contribution in [0.1, 0.15) is 16.7 Å². The lowest BCUT2D eigenvalue weighted by atomic mass is 10.1. The van der Waals surface area contributed by atoms with Gasteiger partial charge in [0.2, 0.25) is 5.88 Å². The van der Waals surface area contributed by atoms with Crippen LogP contribution in [0.15, 0.2) is 41.5 Å². The van der Waals surface area contributed by atoms with Crippen molar-refractivity contribution >= 4 is 35.6 Å². The molecule has 0 saturated heterocycles. The number of hydrogen-bond acceptors (Lipinski definition) is 3. The summed E-state index contributed by atoms with van der Waals surface area (Å²) >= 11 is 0. The lowest BCUT2D eigenvalue weighted by Gasteiger charge is -2.08. The van der Waals surface area contributed by atoms with Crippen molar-refractivity contribution in [3.8, 4) is 5.88 Å². The summed E-state index contributed by atoms with van der Waals surface area (Å²) in [6, 6.07) is 9.81. The number of ether oxygens (including phenoxy) is 1. The second-order valence-corrected chi connectivity index (χ2v) is 4.83. The lowest BCUT2D eigenvalue weighted by Crippen LogP contribution is -2.22. The molecule has 0 fully saturated rings. The van der Waals surface area contributed by atoms with Crippen LogP contribution in [0.5, 0.6) is 5.88 Å². The molecule has 3 N–H and O–H groups in total. The molecule has 2 aromatic rings. The lowest BCUT2D eigenvalue weighted by molar-refractivity contribution is 0.397. The van der Waals surface area contributed by atoms with E-state index in [2.05, 4.69) is 35.2 Å². The summed E-state index contributed by atoms with van der Waals surface area (Å²) in [6.07, 6.45) is 1.69. The van der Waals surface area contributed by atoms with Crippen molar-refractivity contribution in [1.29, 1.82) is 0 Å². The van der Waals surface area contributed by atoms with Crippen molar-refractivity contribution in [1.82, 2.24) is 4.98 Å². The van der Waals surface area contributed by atoms with Crippen molar-refractivity contribution < 1.29 is 4.74 Å². The molecule has 0 aliphatic carbocycles. The van der Waals surface area contributed by atoms with E-state index >= 15 is 0 Å². The third kappa shape index (κ3) is 5.18. The van der Waals surface area contributed by atoms with Gasteiger partial charge >= 0.3 is 0 Å². The van der Waals surface area contributed by atoms with Crippen LogP contribution in [0.25, 0.3) is 0 Å². The third-order valence-corrected chi connectivity index (χ3v) is 3.22. The van der Waals surface area contributed by atoms with Crippen LogP contribution < -0.4 is 15.8 Å². The van der Waals surface area contributed by atoms with Crippen molar-refractivity contribution in [3.63, 3.8) is 0 Å². The Hall–Kier alpha value is -1.83. The van der Waals surface area contributed by atoms with E-state index in [9.17, 15) is 0 Å². The average Bonchev–Trinajstić information content (AvgIpc) is 2.49. The molecule has 0 bridgehead atoms. The van der Waals surface area contributed by atoms with Gasteiger partial charge in [0.05, 0.1) is 13.7 Å². The minimum absolute atomic E-state index is 0. The van der Waals surface area contributed by atoms with Crippen molar-refractivity contribution in [3.05, 3.63) is 53.2 Å². The van der Waals surface area contributed by atoms with Crippen molar-refractivity contribution in [2.24, 2.45) is 10.7 Å². The molecule has 0 amide bonds. The highest BCUT2D eigenvalue weighted by Crippen LogP contribution is 2.14. The first-order chi connectivity index (χ1) is 10.1. The maximum atomic E-state index is 5.90.